The lowest BCUT2D eigenvalue weighted by Crippen LogP contribution is -2.51. The van der Waals surface area contributed by atoms with Crippen molar-refractivity contribution in [3.05, 3.63) is 0 Å². The Balaban J connectivity index is 1.74. The highest BCUT2D eigenvalue weighted by molar-refractivity contribution is 5.75. The summed E-state index contributed by atoms with van der Waals surface area (Å²) in [5, 5.41) is 10.4. The van der Waals surface area contributed by atoms with Gasteiger partial charge in [-0.25, -0.2) is 0 Å². The molecule has 20 heavy (non-hydrogen) atoms. The molecule has 2 fully saturated rings. The van der Waals surface area contributed by atoms with E-state index in [1.54, 1.807) is 0 Å². The number of nitrogens with two attached hydrogens (primary N) is 1. The van der Waals surface area contributed by atoms with Crippen molar-refractivity contribution < 1.29 is 9.90 Å². The molecule has 1 atom stereocenters. The summed E-state index contributed by atoms with van der Waals surface area (Å²) in [6, 6.07) is 0. The number of nitrogens with zero attached hydrogens (tertiary/aromatic N) is 2. The molecule has 1 amide bonds. The minimum Gasteiger partial charge on any atom is -0.388 e. The third-order valence-corrected chi connectivity index (χ3v) is 4.75. The molecular weight excluding hydrogens is 254 g/mol. The van der Waals surface area contributed by atoms with Crippen molar-refractivity contribution in [1.82, 2.24) is 9.80 Å². The number of amides is 1. The van der Waals surface area contributed by atoms with Crippen LogP contribution in [0.4, 0.5) is 0 Å². The molecule has 5 heteroatoms. The summed E-state index contributed by atoms with van der Waals surface area (Å²) in [4.78, 5) is 15.8. The van der Waals surface area contributed by atoms with E-state index in [9.17, 15) is 9.90 Å². The molecule has 0 spiro atoms. The van der Waals surface area contributed by atoms with Gasteiger partial charge in [-0.15, -0.1) is 0 Å². The molecule has 5 nitrogen and oxygen atoms in total. The molecule has 0 saturated carbocycles. The predicted octanol–water partition coefficient (Wildman–Crippen LogP) is 0.421. The molecule has 0 radical (unpaired) electrons. The van der Waals surface area contributed by atoms with E-state index >= 15 is 0 Å². The number of carbonyl (C=O) groups is 1. The molecule has 1 unspecified atom stereocenters. The Morgan fingerprint density at radius 2 is 1.90 bits per heavy atom. The molecule has 2 rings (SSSR count). The summed E-state index contributed by atoms with van der Waals surface area (Å²) < 4.78 is 0. The number of rotatable bonds is 5. The monoisotopic (exact) mass is 283 g/mol. The van der Waals surface area contributed by atoms with Crippen LogP contribution in [0.1, 0.15) is 39.0 Å². The average Bonchev–Trinajstić information content (AvgIpc) is 2.37. The number of piperidine rings is 2. The number of β-amino-alcohol motifs (C(OH)–C–C–N with tert-alkyl or cyclic N) is 1. The van der Waals surface area contributed by atoms with Crippen molar-refractivity contribution in [3.8, 4) is 0 Å². The van der Waals surface area contributed by atoms with Crippen LogP contribution in [-0.2, 0) is 4.79 Å². The molecule has 2 saturated heterocycles. The first-order chi connectivity index (χ1) is 9.47. The van der Waals surface area contributed by atoms with Gasteiger partial charge in [-0.1, -0.05) is 6.92 Å². The second kappa shape index (κ2) is 6.87. The molecule has 0 bridgehead atoms. The summed E-state index contributed by atoms with van der Waals surface area (Å²) in [5.74, 6) is 0.460. The van der Waals surface area contributed by atoms with Gasteiger partial charge >= 0.3 is 0 Å². The van der Waals surface area contributed by atoms with Crippen molar-refractivity contribution in [2.45, 2.75) is 44.6 Å². The molecule has 2 aliphatic rings. The minimum absolute atomic E-state index is 0.0880. The summed E-state index contributed by atoms with van der Waals surface area (Å²) >= 11 is 0. The second-order valence-corrected chi connectivity index (χ2v) is 6.77. The Labute approximate surface area is 122 Å². The van der Waals surface area contributed by atoms with Gasteiger partial charge in [0, 0.05) is 19.6 Å². The van der Waals surface area contributed by atoms with Crippen molar-refractivity contribution in [3.63, 3.8) is 0 Å². The van der Waals surface area contributed by atoms with E-state index in [0.29, 0.717) is 13.0 Å². The Bertz CT molecular complexity index is 329. The SMILES string of the molecule is CC1CCN(CCN2CCCC(O)(CC(N)=O)C2)CC1. The lowest BCUT2D eigenvalue weighted by atomic mass is 9.89. The number of likely N-dealkylation sites (tertiary alicyclic amines) is 2. The maximum Gasteiger partial charge on any atom is 0.220 e. The summed E-state index contributed by atoms with van der Waals surface area (Å²) in [7, 11) is 0. The van der Waals surface area contributed by atoms with E-state index < -0.39 is 11.5 Å². The Kier molecular flexibility index (Phi) is 5.41. The van der Waals surface area contributed by atoms with Crippen LogP contribution in [0.3, 0.4) is 0 Å². The zero-order chi connectivity index (χ0) is 14.6. The van der Waals surface area contributed by atoms with E-state index in [0.717, 1.165) is 32.0 Å². The highest BCUT2D eigenvalue weighted by atomic mass is 16.3. The van der Waals surface area contributed by atoms with Crippen LogP contribution in [-0.4, -0.2) is 65.7 Å². The first-order valence-electron chi connectivity index (χ1n) is 7.92. The molecule has 0 aromatic carbocycles. The smallest absolute Gasteiger partial charge is 0.220 e. The van der Waals surface area contributed by atoms with E-state index in [1.165, 1.54) is 25.9 Å². The number of hydrogen-bond acceptors (Lipinski definition) is 4. The van der Waals surface area contributed by atoms with E-state index in [1.807, 2.05) is 0 Å². The van der Waals surface area contributed by atoms with Crippen LogP contribution in [0.25, 0.3) is 0 Å². The van der Waals surface area contributed by atoms with Gasteiger partial charge < -0.3 is 15.7 Å². The van der Waals surface area contributed by atoms with Gasteiger partial charge in [-0.05, 0) is 51.2 Å². The first kappa shape index (κ1) is 15.7. The average molecular weight is 283 g/mol. The third kappa shape index (κ3) is 4.72. The van der Waals surface area contributed by atoms with Gasteiger partial charge in [0.25, 0.3) is 0 Å². The Morgan fingerprint density at radius 1 is 1.25 bits per heavy atom. The third-order valence-electron chi connectivity index (χ3n) is 4.75. The van der Waals surface area contributed by atoms with E-state index in [4.69, 9.17) is 5.73 Å². The van der Waals surface area contributed by atoms with Crippen molar-refractivity contribution in [1.29, 1.82) is 0 Å². The van der Waals surface area contributed by atoms with Gasteiger partial charge in [-0.3, -0.25) is 9.69 Å². The Hall–Kier alpha value is -0.650. The fourth-order valence-corrected chi connectivity index (χ4v) is 3.43. The van der Waals surface area contributed by atoms with Gasteiger partial charge in [-0.2, -0.15) is 0 Å². The molecule has 116 valence electrons. The molecular formula is C15H29N3O2. The topological polar surface area (TPSA) is 69.8 Å². The number of aliphatic hydroxyl groups is 1. The van der Waals surface area contributed by atoms with Crippen LogP contribution in [0, 0.1) is 5.92 Å². The van der Waals surface area contributed by atoms with Crippen LogP contribution >= 0.6 is 0 Å². The molecule has 0 aliphatic carbocycles. The minimum atomic E-state index is -0.902. The fraction of sp³-hybridized carbons (Fsp3) is 0.933. The standard InChI is InChI=1S/C15H29N3O2/c1-13-3-7-17(8-4-13)9-10-18-6-2-5-15(20,12-18)11-14(16)19/h13,20H,2-12H2,1H3,(H2,16,19). The summed E-state index contributed by atoms with van der Waals surface area (Å²) in [5.41, 5.74) is 4.33. The predicted molar refractivity (Wildman–Crippen MR) is 79.3 cm³/mol. The van der Waals surface area contributed by atoms with Gasteiger partial charge in [0.1, 0.15) is 0 Å². The Morgan fingerprint density at radius 3 is 2.55 bits per heavy atom. The molecule has 2 heterocycles. The fourth-order valence-electron chi connectivity index (χ4n) is 3.43. The first-order valence-corrected chi connectivity index (χ1v) is 7.92. The second-order valence-electron chi connectivity index (χ2n) is 6.77. The maximum absolute atomic E-state index is 11.1. The van der Waals surface area contributed by atoms with Crippen molar-refractivity contribution in [2.24, 2.45) is 11.7 Å². The number of hydrogen-bond donors (Lipinski definition) is 2. The quantitative estimate of drug-likeness (QED) is 0.767. The van der Waals surface area contributed by atoms with Crippen LogP contribution in [0.15, 0.2) is 0 Å². The molecule has 3 N–H and O–H groups in total. The van der Waals surface area contributed by atoms with Gasteiger partial charge in [0.05, 0.1) is 12.0 Å². The highest BCUT2D eigenvalue weighted by Gasteiger charge is 2.34. The maximum atomic E-state index is 11.1. The van der Waals surface area contributed by atoms with E-state index in [-0.39, 0.29) is 6.42 Å². The zero-order valence-corrected chi connectivity index (χ0v) is 12.7. The van der Waals surface area contributed by atoms with Crippen LogP contribution in [0.2, 0.25) is 0 Å². The van der Waals surface area contributed by atoms with Gasteiger partial charge in [0.15, 0.2) is 0 Å². The van der Waals surface area contributed by atoms with Crippen LogP contribution < -0.4 is 5.73 Å². The van der Waals surface area contributed by atoms with Crippen molar-refractivity contribution >= 4 is 5.91 Å². The summed E-state index contributed by atoms with van der Waals surface area (Å²) in [6.45, 7) is 8.37. The molecule has 0 aromatic heterocycles. The number of primary amides is 1. The lowest BCUT2D eigenvalue weighted by molar-refractivity contribution is -0.125. The van der Waals surface area contributed by atoms with Crippen molar-refractivity contribution in [2.75, 3.05) is 39.3 Å². The van der Waals surface area contributed by atoms with Gasteiger partial charge in [0.2, 0.25) is 5.91 Å². The molecule has 2 aliphatic heterocycles. The van der Waals surface area contributed by atoms with Crippen LogP contribution in [0.5, 0.6) is 0 Å². The largest absolute Gasteiger partial charge is 0.388 e. The zero-order valence-electron chi connectivity index (χ0n) is 12.7. The molecule has 0 aromatic rings. The normalized spacial score (nSPS) is 30.5. The van der Waals surface area contributed by atoms with E-state index in [2.05, 4.69) is 16.7 Å². The summed E-state index contributed by atoms with van der Waals surface area (Å²) in [6.07, 6.45) is 4.32. The highest BCUT2D eigenvalue weighted by Crippen LogP contribution is 2.24. The number of carbonyl (C=O) groups excluding carboxylic acids is 1. The lowest BCUT2D eigenvalue weighted by Gasteiger charge is -2.40.